The van der Waals surface area contributed by atoms with E-state index in [9.17, 15) is 4.79 Å². The maximum absolute atomic E-state index is 11.8. The second kappa shape index (κ2) is 14.6. The van der Waals surface area contributed by atoms with E-state index in [0.717, 1.165) is 62.5 Å². The Kier molecular flexibility index (Phi) is 11.6. The lowest BCUT2D eigenvalue weighted by Gasteiger charge is -2.08. The second-order valence-electron chi connectivity index (χ2n) is 7.53. The lowest BCUT2D eigenvalue weighted by Crippen LogP contribution is -2.07. The number of ether oxygens (including phenoxy) is 2. The van der Waals surface area contributed by atoms with Gasteiger partial charge in [-0.15, -0.1) is 0 Å². The highest BCUT2D eigenvalue weighted by molar-refractivity contribution is 5.60. The molecule has 2 rings (SSSR count). The minimum atomic E-state index is -0.670. The number of aliphatic hydroxyl groups excluding tert-OH is 2. The molecule has 0 atom stereocenters. The molecule has 2 aromatic rings. The molecule has 0 radical (unpaired) electrons. The van der Waals surface area contributed by atoms with Crippen molar-refractivity contribution in [1.29, 1.82) is 0 Å². The Morgan fingerprint density at radius 1 is 0.567 bits per heavy atom. The number of hydrogen-bond acceptors (Lipinski definition) is 5. The third-order valence-corrected chi connectivity index (χ3v) is 5.01. The van der Waals surface area contributed by atoms with Gasteiger partial charge >= 0.3 is 6.16 Å². The van der Waals surface area contributed by atoms with Crippen LogP contribution in [0.3, 0.4) is 0 Å². The Morgan fingerprint density at radius 3 is 1.30 bits per heavy atom. The Morgan fingerprint density at radius 2 is 0.933 bits per heavy atom. The van der Waals surface area contributed by atoms with E-state index in [1.165, 1.54) is 11.1 Å². The SMILES string of the molecule is O=C(OCc1ccc(CCCCCO)cc1)OCc1ccc(CCCCCO)cc1. The summed E-state index contributed by atoms with van der Waals surface area (Å²) >= 11 is 0. The van der Waals surface area contributed by atoms with Crippen LogP contribution in [0.5, 0.6) is 0 Å². The van der Waals surface area contributed by atoms with Crippen LogP contribution in [0.4, 0.5) is 4.79 Å². The van der Waals surface area contributed by atoms with E-state index in [2.05, 4.69) is 0 Å². The summed E-state index contributed by atoms with van der Waals surface area (Å²) in [7, 11) is 0. The van der Waals surface area contributed by atoms with E-state index in [1.807, 2.05) is 48.5 Å². The molecule has 2 N–H and O–H groups in total. The van der Waals surface area contributed by atoms with E-state index in [-0.39, 0.29) is 26.4 Å². The van der Waals surface area contributed by atoms with E-state index in [0.29, 0.717) is 0 Å². The first-order chi connectivity index (χ1) is 14.7. The molecule has 0 unspecified atom stereocenters. The fraction of sp³-hybridized carbons (Fsp3) is 0.480. The van der Waals surface area contributed by atoms with Crippen molar-refractivity contribution in [2.45, 2.75) is 64.6 Å². The van der Waals surface area contributed by atoms with Crippen LogP contribution in [0.1, 0.15) is 60.8 Å². The molecule has 5 heteroatoms. The largest absolute Gasteiger partial charge is 0.508 e. The second-order valence-corrected chi connectivity index (χ2v) is 7.53. The number of benzene rings is 2. The van der Waals surface area contributed by atoms with Crippen LogP contribution in [0, 0.1) is 0 Å². The molecular formula is C25H34O5. The van der Waals surface area contributed by atoms with E-state index in [1.54, 1.807) is 0 Å². The third kappa shape index (κ3) is 9.90. The molecule has 0 heterocycles. The fourth-order valence-electron chi connectivity index (χ4n) is 3.17. The van der Waals surface area contributed by atoms with Crippen LogP contribution < -0.4 is 0 Å². The van der Waals surface area contributed by atoms with Gasteiger partial charge in [0.25, 0.3) is 0 Å². The van der Waals surface area contributed by atoms with Crippen LogP contribution in [-0.2, 0) is 35.5 Å². The van der Waals surface area contributed by atoms with Gasteiger partial charge in [0.15, 0.2) is 0 Å². The maximum Gasteiger partial charge on any atom is 0.508 e. The quantitative estimate of drug-likeness (QED) is 0.338. The highest BCUT2D eigenvalue weighted by Gasteiger charge is 2.06. The molecule has 30 heavy (non-hydrogen) atoms. The molecule has 2 aromatic carbocycles. The standard InChI is InChI=1S/C25H34O5/c26-17-5-1-3-7-21-9-13-23(14-10-21)19-29-25(28)30-20-24-15-11-22(12-16-24)8-4-2-6-18-27/h9-16,26-27H,1-8,17-20H2. The maximum atomic E-state index is 11.8. The van der Waals surface area contributed by atoms with Gasteiger partial charge in [-0.3, -0.25) is 0 Å². The van der Waals surface area contributed by atoms with Crippen LogP contribution in [0.15, 0.2) is 48.5 Å². The first-order valence-electron chi connectivity index (χ1n) is 10.9. The molecule has 164 valence electrons. The van der Waals surface area contributed by atoms with Gasteiger partial charge in [-0.2, -0.15) is 0 Å². The van der Waals surface area contributed by atoms with Crippen molar-refractivity contribution in [2.75, 3.05) is 13.2 Å². The molecular weight excluding hydrogens is 380 g/mol. The monoisotopic (exact) mass is 414 g/mol. The first-order valence-corrected chi connectivity index (χ1v) is 10.9. The summed E-state index contributed by atoms with van der Waals surface area (Å²) in [4.78, 5) is 11.8. The Hall–Kier alpha value is -2.37. The highest BCUT2D eigenvalue weighted by atomic mass is 16.7. The molecule has 0 bridgehead atoms. The van der Waals surface area contributed by atoms with Gasteiger partial charge in [0.05, 0.1) is 0 Å². The number of carbonyl (C=O) groups excluding carboxylic acids is 1. The van der Waals surface area contributed by atoms with Gasteiger partial charge in [0.2, 0.25) is 0 Å². The van der Waals surface area contributed by atoms with Gasteiger partial charge in [-0.1, -0.05) is 61.4 Å². The topological polar surface area (TPSA) is 76.0 Å². The number of hydrogen-bond donors (Lipinski definition) is 2. The molecule has 0 spiro atoms. The average molecular weight is 415 g/mol. The Labute approximate surface area is 179 Å². The number of aryl methyl sites for hydroxylation is 2. The fourth-order valence-corrected chi connectivity index (χ4v) is 3.17. The van der Waals surface area contributed by atoms with Crippen molar-refractivity contribution in [1.82, 2.24) is 0 Å². The van der Waals surface area contributed by atoms with Crippen LogP contribution in [0.25, 0.3) is 0 Å². The normalized spacial score (nSPS) is 10.7. The molecule has 0 fully saturated rings. The summed E-state index contributed by atoms with van der Waals surface area (Å²) in [5.74, 6) is 0. The van der Waals surface area contributed by atoms with Crippen molar-refractivity contribution in [3.63, 3.8) is 0 Å². The molecule has 0 saturated heterocycles. The van der Waals surface area contributed by atoms with Crippen molar-refractivity contribution in [2.24, 2.45) is 0 Å². The lowest BCUT2D eigenvalue weighted by atomic mass is 10.1. The molecule has 0 aromatic heterocycles. The first kappa shape index (κ1) is 23.9. The number of rotatable bonds is 14. The van der Waals surface area contributed by atoms with Gasteiger partial charge in [-0.05, 0) is 60.8 Å². The van der Waals surface area contributed by atoms with Crippen molar-refractivity contribution in [3.05, 3.63) is 70.8 Å². The van der Waals surface area contributed by atoms with Crippen molar-refractivity contribution < 1.29 is 24.5 Å². The van der Waals surface area contributed by atoms with Gasteiger partial charge in [0.1, 0.15) is 13.2 Å². The van der Waals surface area contributed by atoms with Crippen molar-refractivity contribution in [3.8, 4) is 0 Å². The smallest absolute Gasteiger partial charge is 0.429 e. The van der Waals surface area contributed by atoms with E-state index >= 15 is 0 Å². The van der Waals surface area contributed by atoms with Crippen LogP contribution >= 0.6 is 0 Å². The van der Waals surface area contributed by atoms with E-state index in [4.69, 9.17) is 19.7 Å². The molecule has 0 aliphatic carbocycles. The summed E-state index contributed by atoms with van der Waals surface area (Å²) < 4.78 is 10.4. The van der Waals surface area contributed by atoms with Crippen LogP contribution in [-0.4, -0.2) is 29.6 Å². The highest BCUT2D eigenvalue weighted by Crippen LogP contribution is 2.12. The van der Waals surface area contributed by atoms with Crippen molar-refractivity contribution >= 4 is 6.16 Å². The summed E-state index contributed by atoms with van der Waals surface area (Å²) in [5, 5.41) is 17.6. The summed E-state index contributed by atoms with van der Waals surface area (Å²) in [5.41, 5.74) is 4.35. The summed E-state index contributed by atoms with van der Waals surface area (Å²) in [6, 6.07) is 16.1. The molecule has 5 nitrogen and oxygen atoms in total. The number of carbonyl (C=O) groups is 1. The predicted molar refractivity (Wildman–Crippen MR) is 117 cm³/mol. The Bertz CT molecular complexity index is 648. The Balaban J connectivity index is 1.63. The zero-order valence-corrected chi connectivity index (χ0v) is 17.7. The lowest BCUT2D eigenvalue weighted by molar-refractivity contribution is 0.0446. The molecule has 0 amide bonds. The van der Waals surface area contributed by atoms with Crippen LogP contribution in [0.2, 0.25) is 0 Å². The number of unbranched alkanes of at least 4 members (excludes halogenated alkanes) is 4. The third-order valence-electron chi connectivity index (χ3n) is 5.01. The number of aliphatic hydroxyl groups is 2. The molecule has 0 aliphatic rings. The minimum Gasteiger partial charge on any atom is -0.429 e. The van der Waals surface area contributed by atoms with E-state index < -0.39 is 6.16 Å². The van der Waals surface area contributed by atoms with Gasteiger partial charge in [-0.25, -0.2) is 4.79 Å². The zero-order valence-electron chi connectivity index (χ0n) is 17.7. The zero-order chi connectivity index (χ0) is 21.4. The molecule has 0 saturated carbocycles. The average Bonchev–Trinajstić information content (AvgIpc) is 2.78. The van der Waals surface area contributed by atoms with Gasteiger partial charge in [0, 0.05) is 13.2 Å². The minimum absolute atomic E-state index is 0.191. The summed E-state index contributed by atoms with van der Waals surface area (Å²) in [6.07, 6.45) is 7.20. The summed E-state index contributed by atoms with van der Waals surface area (Å²) in [6.45, 7) is 0.889. The predicted octanol–water partition coefficient (Wildman–Crippen LogP) is 4.95. The van der Waals surface area contributed by atoms with Gasteiger partial charge < -0.3 is 19.7 Å². The molecule has 0 aliphatic heterocycles.